The molecule has 0 saturated carbocycles. The molecule has 0 saturated heterocycles. The third kappa shape index (κ3) is 3.45. The van der Waals surface area contributed by atoms with Crippen molar-refractivity contribution in [2.45, 2.75) is 6.92 Å². The van der Waals surface area contributed by atoms with Crippen molar-refractivity contribution < 1.29 is 18.7 Å². The second-order valence-electron chi connectivity index (χ2n) is 4.51. The number of methoxy groups -OCH3 is 1. The van der Waals surface area contributed by atoms with Crippen LogP contribution in [0.5, 0.6) is 0 Å². The molecular weight excluding hydrogens is 273 g/mol. The molecule has 0 aromatic heterocycles. The van der Waals surface area contributed by atoms with E-state index < -0.39 is 17.7 Å². The van der Waals surface area contributed by atoms with E-state index in [4.69, 9.17) is 0 Å². The molecule has 5 heteroatoms. The van der Waals surface area contributed by atoms with Gasteiger partial charge in [0.05, 0.1) is 18.4 Å². The molecule has 108 valence electrons. The summed E-state index contributed by atoms with van der Waals surface area (Å²) in [7, 11) is 1.27. The molecule has 0 aliphatic heterocycles. The van der Waals surface area contributed by atoms with E-state index in [2.05, 4.69) is 10.1 Å². The topological polar surface area (TPSA) is 55.4 Å². The van der Waals surface area contributed by atoms with E-state index in [-0.39, 0.29) is 11.1 Å². The summed E-state index contributed by atoms with van der Waals surface area (Å²) in [5, 5.41) is 2.59. The van der Waals surface area contributed by atoms with Crippen LogP contribution in [0.2, 0.25) is 0 Å². The molecule has 0 atom stereocenters. The maximum Gasteiger partial charge on any atom is 0.339 e. The maximum atomic E-state index is 13.1. The molecule has 1 N–H and O–H groups in total. The Labute approximate surface area is 121 Å². The van der Waals surface area contributed by atoms with Gasteiger partial charge in [0.1, 0.15) is 5.82 Å². The van der Waals surface area contributed by atoms with Gasteiger partial charge in [-0.1, -0.05) is 17.7 Å². The first-order chi connectivity index (χ1) is 10.0. The third-order valence-corrected chi connectivity index (χ3v) is 2.92. The average Bonchev–Trinajstić information content (AvgIpc) is 2.48. The Morgan fingerprint density at radius 2 is 1.90 bits per heavy atom. The third-order valence-electron chi connectivity index (χ3n) is 2.92. The highest BCUT2D eigenvalue weighted by Gasteiger charge is 2.15. The number of aryl methyl sites for hydroxylation is 1. The van der Waals surface area contributed by atoms with Gasteiger partial charge in [-0.05, 0) is 37.3 Å². The molecule has 0 aliphatic carbocycles. The van der Waals surface area contributed by atoms with E-state index in [0.29, 0.717) is 5.69 Å². The number of anilines is 1. The molecule has 0 fully saturated rings. The quantitative estimate of drug-likeness (QED) is 0.882. The smallest absolute Gasteiger partial charge is 0.339 e. The van der Waals surface area contributed by atoms with E-state index in [1.165, 1.54) is 25.3 Å². The van der Waals surface area contributed by atoms with Crippen LogP contribution < -0.4 is 5.32 Å². The molecular formula is C16H14FNO3. The van der Waals surface area contributed by atoms with Gasteiger partial charge >= 0.3 is 5.97 Å². The van der Waals surface area contributed by atoms with Crippen molar-refractivity contribution in [3.63, 3.8) is 0 Å². The Morgan fingerprint density at radius 1 is 1.14 bits per heavy atom. The van der Waals surface area contributed by atoms with Crippen LogP contribution in [0, 0.1) is 12.7 Å². The Morgan fingerprint density at radius 3 is 2.57 bits per heavy atom. The molecule has 0 radical (unpaired) electrons. The van der Waals surface area contributed by atoms with Gasteiger partial charge in [0, 0.05) is 5.56 Å². The minimum Gasteiger partial charge on any atom is -0.465 e. The SMILES string of the molecule is COC(=O)c1cc(C)ccc1NC(=O)c1cccc(F)c1. The lowest BCUT2D eigenvalue weighted by Crippen LogP contribution is -2.15. The van der Waals surface area contributed by atoms with Gasteiger partial charge in [-0.15, -0.1) is 0 Å². The number of hydrogen-bond acceptors (Lipinski definition) is 3. The van der Waals surface area contributed by atoms with Crippen molar-refractivity contribution in [3.05, 3.63) is 65.0 Å². The predicted octanol–water partition coefficient (Wildman–Crippen LogP) is 3.17. The number of nitrogens with one attached hydrogen (secondary N) is 1. The standard InChI is InChI=1S/C16H14FNO3/c1-10-6-7-14(13(8-10)16(20)21-2)18-15(19)11-4-3-5-12(17)9-11/h3-9H,1-2H3,(H,18,19). The van der Waals surface area contributed by atoms with Crippen molar-refractivity contribution >= 4 is 17.6 Å². The fourth-order valence-electron chi connectivity index (χ4n) is 1.87. The summed E-state index contributed by atoms with van der Waals surface area (Å²) in [5.74, 6) is -1.54. The lowest BCUT2D eigenvalue weighted by atomic mass is 10.1. The lowest BCUT2D eigenvalue weighted by molar-refractivity contribution is 0.0602. The van der Waals surface area contributed by atoms with Crippen LogP contribution in [-0.2, 0) is 4.74 Å². The Bertz CT molecular complexity index is 698. The van der Waals surface area contributed by atoms with E-state index in [1.807, 2.05) is 6.92 Å². The van der Waals surface area contributed by atoms with E-state index >= 15 is 0 Å². The first-order valence-electron chi connectivity index (χ1n) is 6.27. The molecule has 2 aromatic carbocycles. The maximum absolute atomic E-state index is 13.1. The summed E-state index contributed by atoms with van der Waals surface area (Å²) in [4.78, 5) is 23.8. The van der Waals surface area contributed by atoms with Crippen LogP contribution in [0.4, 0.5) is 10.1 Å². The lowest BCUT2D eigenvalue weighted by Gasteiger charge is -2.10. The van der Waals surface area contributed by atoms with Crippen LogP contribution in [0.1, 0.15) is 26.3 Å². The molecule has 0 aliphatic rings. The highest BCUT2D eigenvalue weighted by molar-refractivity contribution is 6.08. The fourth-order valence-corrected chi connectivity index (χ4v) is 1.87. The molecule has 0 spiro atoms. The van der Waals surface area contributed by atoms with Gasteiger partial charge < -0.3 is 10.1 Å². The number of hydrogen-bond donors (Lipinski definition) is 1. The van der Waals surface area contributed by atoms with Crippen molar-refractivity contribution in [1.82, 2.24) is 0 Å². The first-order valence-corrected chi connectivity index (χ1v) is 6.27. The first kappa shape index (κ1) is 14.7. The molecule has 2 aromatic rings. The number of benzene rings is 2. The van der Waals surface area contributed by atoms with Crippen LogP contribution in [-0.4, -0.2) is 19.0 Å². The van der Waals surface area contributed by atoms with E-state index in [1.54, 1.807) is 18.2 Å². The predicted molar refractivity (Wildman–Crippen MR) is 76.9 cm³/mol. The van der Waals surface area contributed by atoms with Crippen LogP contribution in [0.3, 0.4) is 0 Å². The summed E-state index contributed by atoms with van der Waals surface area (Å²) in [5.41, 5.74) is 1.61. The van der Waals surface area contributed by atoms with Gasteiger partial charge in [-0.3, -0.25) is 4.79 Å². The Kier molecular flexibility index (Phi) is 4.33. The van der Waals surface area contributed by atoms with Crippen molar-refractivity contribution in [2.75, 3.05) is 12.4 Å². The summed E-state index contributed by atoms with van der Waals surface area (Å²) in [6.07, 6.45) is 0. The van der Waals surface area contributed by atoms with Crippen molar-refractivity contribution in [1.29, 1.82) is 0 Å². The number of esters is 1. The molecule has 2 rings (SSSR count). The van der Waals surface area contributed by atoms with Gasteiger partial charge in [-0.25, -0.2) is 9.18 Å². The van der Waals surface area contributed by atoms with E-state index in [0.717, 1.165) is 11.6 Å². The summed E-state index contributed by atoms with van der Waals surface area (Å²) >= 11 is 0. The van der Waals surface area contributed by atoms with Crippen LogP contribution >= 0.6 is 0 Å². The highest BCUT2D eigenvalue weighted by atomic mass is 19.1. The van der Waals surface area contributed by atoms with Crippen LogP contribution in [0.15, 0.2) is 42.5 Å². The largest absolute Gasteiger partial charge is 0.465 e. The number of carbonyl (C=O) groups excluding carboxylic acids is 2. The number of halogens is 1. The number of amides is 1. The van der Waals surface area contributed by atoms with Gasteiger partial charge in [0.15, 0.2) is 0 Å². The second-order valence-corrected chi connectivity index (χ2v) is 4.51. The fraction of sp³-hybridized carbons (Fsp3) is 0.125. The monoisotopic (exact) mass is 287 g/mol. The van der Waals surface area contributed by atoms with Gasteiger partial charge in [0.2, 0.25) is 0 Å². The molecule has 1 amide bonds. The summed E-state index contributed by atoms with van der Waals surface area (Å²) < 4.78 is 17.8. The minimum atomic E-state index is -0.548. The Balaban J connectivity index is 2.31. The minimum absolute atomic E-state index is 0.173. The molecule has 0 unspecified atom stereocenters. The summed E-state index contributed by atoms with van der Waals surface area (Å²) in [6, 6.07) is 10.3. The zero-order valence-corrected chi connectivity index (χ0v) is 11.6. The molecule has 0 heterocycles. The van der Waals surface area contributed by atoms with Crippen molar-refractivity contribution in [2.24, 2.45) is 0 Å². The molecule has 4 nitrogen and oxygen atoms in total. The van der Waals surface area contributed by atoms with Crippen molar-refractivity contribution in [3.8, 4) is 0 Å². The zero-order chi connectivity index (χ0) is 15.4. The van der Waals surface area contributed by atoms with Crippen LogP contribution in [0.25, 0.3) is 0 Å². The number of carbonyl (C=O) groups is 2. The van der Waals surface area contributed by atoms with E-state index in [9.17, 15) is 14.0 Å². The summed E-state index contributed by atoms with van der Waals surface area (Å²) in [6.45, 7) is 1.82. The number of ether oxygens (including phenoxy) is 1. The normalized spacial score (nSPS) is 10.0. The number of rotatable bonds is 3. The second kappa shape index (κ2) is 6.17. The van der Waals surface area contributed by atoms with Gasteiger partial charge in [-0.2, -0.15) is 0 Å². The highest BCUT2D eigenvalue weighted by Crippen LogP contribution is 2.19. The average molecular weight is 287 g/mol. The Hall–Kier alpha value is -2.69. The van der Waals surface area contributed by atoms with Gasteiger partial charge in [0.25, 0.3) is 5.91 Å². The zero-order valence-electron chi connectivity index (χ0n) is 11.6. The molecule has 21 heavy (non-hydrogen) atoms. The molecule has 0 bridgehead atoms.